The number of hydrogen-bond acceptors (Lipinski definition) is 5. The van der Waals surface area contributed by atoms with Gasteiger partial charge in [-0.2, -0.15) is 0 Å². The predicted molar refractivity (Wildman–Crippen MR) is 69.2 cm³/mol. The van der Waals surface area contributed by atoms with Gasteiger partial charge in [0.05, 0.1) is 15.5 Å². The third-order valence-corrected chi connectivity index (χ3v) is 4.28. The quantitative estimate of drug-likeness (QED) is 0.631. The molecule has 84 valence electrons. The van der Waals surface area contributed by atoms with E-state index in [-0.39, 0.29) is 11.7 Å². The zero-order valence-electron chi connectivity index (χ0n) is 9.38. The summed E-state index contributed by atoms with van der Waals surface area (Å²) in [5, 5.41) is 4.04. The van der Waals surface area contributed by atoms with E-state index in [1.165, 1.54) is 11.3 Å². The van der Waals surface area contributed by atoms with Crippen LogP contribution in [0, 0.1) is 5.92 Å². The molecule has 5 heteroatoms. The van der Waals surface area contributed by atoms with Crippen LogP contribution in [0.3, 0.4) is 0 Å². The van der Waals surface area contributed by atoms with Crippen LogP contribution in [0.5, 0.6) is 0 Å². The number of rotatable bonds is 4. The number of anilines is 2. The number of nitrogen functional groups attached to an aromatic ring is 1. The van der Waals surface area contributed by atoms with Gasteiger partial charge in [0, 0.05) is 13.0 Å². The third kappa shape index (κ3) is 2.29. The lowest BCUT2D eigenvalue weighted by Gasteiger charge is -2.02. The zero-order valence-corrected chi connectivity index (χ0v) is 11.0. The van der Waals surface area contributed by atoms with Crippen molar-refractivity contribution in [2.75, 3.05) is 24.4 Å². The van der Waals surface area contributed by atoms with Gasteiger partial charge in [0.2, 0.25) is 0 Å². The molecule has 1 heterocycles. The highest BCUT2D eigenvalue weighted by molar-refractivity contribution is 7.99. The number of carbonyl (C=O) groups is 1. The summed E-state index contributed by atoms with van der Waals surface area (Å²) in [5.41, 5.74) is 6.58. The molecule has 0 radical (unpaired) electrons. The van der Waals surface area contributed by atoms with Gasteiger partial charge in [-0.25, -0.2) is 0 Å². The maximum atomic E-state index is 11.9. The smallest absolute Gasteiger partial charge is 0.177 e. The molecule has 1 rings (SSSR count). The van der Waals surface area contributed by atoms with E-state index < -0.39 is 0 Å². The fourth-order valence-corrected chi connectivity index (χ4v) is 3.35. The first-order valence-electron chi connectivity index (χ1n) is 4.71. The SMILES string of the molecule is CNc1sc(C(=O)C(C)C)c(N)c1SC. The molecule has 15 heavy (non-hydrogen) atoms. The van der Waals surface area contributed by atoms with E-state index in [0.29, 0.717) is 10.6 Å². The van der Waals surface area contributed by atoms with Crippen LogP contribution in [-0.4, -0.2) is 19.1 Å². The number of thiophene rings is 1. The van der Waals surface area contributed by atoms with Crippen LogP contribution >= 0.6 is 23.1 Å². The molecule has 0 spiro atoms. The van der Waals surface area contributed by atoms with Gasteiger partial charge in [-0.3, -0.25) is 4.79 Å². The number of thioether (sulfide) groups is 1. The van der Waals surface area contributed by atoms with Crippen LogP contribution in [0.15, 0.2) is 4.90 Å². The molecule has 3 N–H and O–H groups in total. The molecule has 0 atom stereocenters. The predicted octanol–water partition coefficient (Wildman–Crippen LogP) is 2.93. The van der Waals surface area contributed by atoms with Gasteiger partial charge in [0.25, 0.3) is 0 Å². The Bertz CT molecular complexity index is 372. The second kappa shape index (κ2) is 4.90. The van der Waals surface area contributed by atoms with Gasteiger partial charge in [-0.05, 0) is 6.26 Å². The second-order valence-electron chi connectivity index (χ2n) is 3.48. The minimum Gasteiger partial charge on any atom is -0.396 e. The molecular formula is C10H16N2OS2. The lowest BCUT2D eigenvalue weighted by atomic mass is 10.1. The molecule has 0 fully saturated rings. The molecule has 0 saturated heterocycles. The van der Waals surface area contributed by atoms with Gasteiger partial charge in [-0.1, -0.05) is 13.8 Å². The van der Waals surface area contributed by atoms with Crippen molar-refractivity contribution in [1.82, 2.24) is 0 Å². The van der Waals surface area contributed by atoms with E-state index in [1.807, 2.05) is 27.2 Å². The second-order valence-corrected chi connectivity index (χ2v) is 5.31. The Morgan fingerprint density at radius 3 is 2.47 bits per heavy atom. The maximum absolute atomic E-state index is 11.9. The van der Waals surface area contributed by atoms with E-state index in [0.717, 1.165) is 9.90 Å². The van der Waals surface area contributed by atoms with Crippen LogP contribution in [0.2, 0.25) is 0 Å². The minimum absolute atomic E-state index is 0.00892. The normalized spacial score (nSPS) is 10.7. The molecule has 0 saturated carbocycles. The van der Waals surface area contributed by atoms with Crippen molar-refractivity contribution in [3.8, 4) is 0 Å². The summed E-state index contributed by atoms with van der Waals surface area (Å²) < 4.78 is 0. The Balaban J connectivity index is 3.21. The number of nitrogens with one attached hydrogen (secondary N) is 1. The van der Waals surface area contributed by atoms with Gasteiger partial charge < -0.3 is 11.1 Å². The molecule has 0 unspecified atom stereocenters. The van der Waals surface area contributed by atoms with Crippen molar-refractivity contribution >= 4 is 39.6 Å². The topological polar surface area (TPSA) is 55.1 Å². The van der Waals surface area contributed by atoms with Gasteiger partial charge in [0.15, 0.2) is 5.78 Å². The third-order valence-electron chi connectivity index (χ3n) is 2.08. The van der Waals surface area contributed by atoms with Crippen LogP contribution in [0.4, 0.5) is 10.7 Å². The van der Waals surface area contributed by atoms with Crippen molar-refractivity contribution < 1.29 is 4.79 Å². The lowest BCUT2D eigenvalue weighted by Crippen LogP contribution is -2.07. The molecule has 1 aromatic heterocycles. The average Bonchev–Trinajstić information content (AvgIpc) is 2.53. The highest BCUT2D eigenvalue weighted by Gasteiger charge is 2.21. The lowest BCUT2D eigenvalue weighted by molar-refractivity contribution is 0.0944. The first-order chi connectivity index (χ1) is 7.02. The van der Waals surface area contributed by atoms with Crippen molar-refractivity contribution in [1.29, 1.82) is 0 Å². The standard InChI is InChI=1S/C10H16N2OS2/c1-5(2)7(13)8-6(11)9(14-4)10(12-3)15-8/h5,12H,11H2,1-4H3. The summed E-state index contributed by atoms with van der Waals surface area (Å²) in [7, 11) is 1.84. The number of nitrogens with two attached hydrogens (primary N) is 1. The molecule has 0 aliphatic heterocycles. The summed E-state index contributed by atoms with van der Waals surface area (Å²) in [6.45, 7) is 3.78. The van der Waals surface area contributed by atoms with E-state index in [4.69, 9.17) is 5.73 Å². The van der Waals surface area contributed by atoms with Gasteiger partial charge >= 0.3 is 0 Å². The van der Waals surface area contributed by atoms with Crippen molar-refractivity contribution in [3.05, 3.63) is 4.88 Å². The molecule has 0 bridgehead atoms. The van der Waals surface area contributed by atoms with E-state index >= 15 is 0 Å². The Morgan fingerprint density at radius 2 is 2.13 bits per heavy atom. The van der Waals surface area contributed by atoms with Crippen LogP contribution in [0.1, 0.15) is 23.5 Å². The Kier molecular flexibility index (Phi) is 4.04. The first-order valence-corrected chi connectivity index (χ1v) is 6.75. The first kappa shape index (κ1) is 12.4. The van der Waals surface area contributed by atoms with Crippen molar-refractivity contribution in [3.63, 3.8) is 0 Å². The fourth-order valence-electron chi connectivity index (χ4n) is 1.24. The number of carbonyl (C=O) groups excluding carboxylic acids is 1. The summed E-state index contributed by atoms with van der Waals surface area (Å²) in [4.78, 5) is 13.5. The zero-order chi connectivity index (χ0) is 11.6. The van der Waals surface area contributed by atoms with Gasteiger partial charge in [-0.15, -0.1) is 23.1 Å². The number of ketones is 1. The van der Waals surface area contributed by atoms with Crippen LogP contribution in [-0.2, 0) is 0 Å². The highest BCUT2D eigenvalue weighted by Crippen LogP contribution is 2.42. The molecular weight excluding hydrogens is 228 g/mol. The van der Waals surface area contributed by atoms with E-state index in [9.17, 15) is 4.79 Å². The Labute approximate surface area is 98.4 Å². The van der Waals surface area contributed by atoms with E-state index in [1.54, 1.807) is 11.8 Å². The number of hydrogen-bond donors (Lipinski definition) is 2. The molecule has 0 aliphatic rings. The Hall–Kier alpha value is -0.680. The monoisotopic (exact) mass is 244 g/mol. The minimum atomic E-state index is -0.00892. The largest absolute Gasteiger partial charge is 0.396 e. The molecule has 1 aromatic rings. The Morgan fingerprint density at radius 1 is 1.53 bits per heavy atom. The maximum Gasteiger partial charge on any atom is 0.177 e. The molecule has 0 aromatic carbocycles. The summed E-state index contributed by atoms with van der Waals surface area (Å²) in [6.07, 6.45) is 1.96. The number of Topliss-reactive ketones (excluding diaryl/α,β-unsaturated/α-hetero) is 1. The van der Waals surface area contributed by atoms with Crippen molar-refractivity contribution in [2.45, 2.75) is 18.7 Å². The summed E-state index contributed by atoms with van der Waals surface area (Å²) >= 11 is 3.01. The van der Waals surface area contributed by atoms with Crippen LogP contribution < -0.4 is 11.1 Å². The van der Waals surface area contributed by atoms with E-state index in [2.05, 4.69) is 5.32 Å². The van der Waals surface area contributed by atoms with Crippen molar-refractivity contribution in [2.24, 2.45) is 5.92 Å². The fraction of sp³-hybridized carbons (Fsp3) is 0.500. The highest BCUT2D eigenvalue weighted by atomic mass is 32.2. The van der Waals surface area contributed by atoms with Crippen LogP contribution in [0.25, 0.3) is 0 Å². The molecule has 0 amide bonds. The molecule has 0 aliphatic carbocycles. The summed E-state index contributed by atoms with van der Waals surface area (Å²) in [5.74, 6) is 0.111. The molecule has 3 nitrogen and oxygen atoms in total. The average molecular weight is 244 g/mol. The van der Waals surface area contributed by atoms with Gasteiger partial charge in [0.1, 0.15) is 5.00 Å². The summed E-state index contributed by atoms with van der Waals surface area (Å²) in [6, 6.07) is 0.